The summed E-state index contributed by atoms with van der Waals surface area (Å²) in [5, 5.41) is 0. The second-order valence-electron chi connectivity index (χ2n) is 6.99. The molecule has 0 saturated carbocycles. The fraction of sp³-hybridized carbons (Fsp3) is 0.273. The monoisotopic (exact) mass is 376 g/mol. The van der Waals surface area contributed by atoms with E-state index in [1.165, 1.54) is 0 Å². The number of piperazine rings is 1. The number of anilines is 1. The van der Waals surface area contributed by atoms with Crippen molar-refractivity contribution in [3.8, 4) is 11.4 Å². The highest BCUT2D eigenvalue weighted by Gasteiger charge is 2.24. The third-order valence-electron chi connectivity index (χ3n) is 5.10. The minimum Gasteiger partial charge on any atom is -0.496 e. The maximum absolute atomic E-state index is 12.7. The van der Waals surface area contributed by atoms with E-state index in [2.05, 4.69) is 34.1 Å². The van der Waals surface area contributed by atoms with Gasteiger partial charge in [0.05, 0.1) is 25.7 Å². The summed E-state index contributed by atoms with van der Waals surface area (Å²) in [6.07, 6.45) is 3.81. The summed E-state index contributed by atoms with van der Waals surface area (Å²) in [6.45, 7) is 4.44. The van der Waals surface area contributed by atoms with Crippen molar-refractivity contribution in [2.75, 3.05) is 31.6 Å². The summed E-state index contributed by atoms with van der Waals surface area (Å²) >= 11 is 0. The first-order valence-electron chi connectivity index (χ1n) is 9.39. The number of ether oxygens (including phenoxy) is 1. The van der Waals surface area contributed by atoms with Crippen molar-refractivity contribution in [1.29, 1.82) is 0 Å². The lowest BCUT2D eigenvalue weighted by Gasteiger charge is -2.36. The molecule has 1 saturated heterocycles. The molecule has 0 aliphatic carbocycles. The van der Waals surface area contributed by atoms with E-state index in [4.69, 9.17) is 4.74 Å². The Labute approximate surface area is 165 Å². The van der Waals surface area contributed by atoms with E-state index < -0.39 is 0 Å². The molecule has 0 N–H and O–H groups in total. The number of methoxy groups -OCH3 is 1. The molecule has 6 heteroatoms. The van der Waals surface area contributed by atoms with Crippen LogP contribution in [0.2, 0.25) is 0 Å². The van der Waals surface area contributed by atoms with E-state index in [1.54, 1.807) is 7.11 Å². The van der Waals surface area contributed by atoms with Crippen molar-refractivity contribution in [1.82, 2.24) is 14.5 Å². The minimum absolute atomic E-state index is 0.131. The van der Waals surface area contributed by atoms with E-state index in [0.29, 0.717) is 19.6 Å². The fourth-order valence-corrected chi connectivity index (χ4v) is 3.53. The molecule has 2 heterocycles. The number of nitrogens with zero attached hydrogens (tertiary/aromatic N) is 4. The van der Waals surface area contributed by atoms with Crippen molar-refractivity contribution in [3.05, 3.63) is 72.3 Å². The van der Waals surface area contributed by atoms with Crippen molar-refractivity contribution >= 4 is 11.6 Å². The number of hydrogen-bond acceptors (Lipinski definition) is 4. The Morgan fingerprint density at radius 2 is 1.79 bits per heavy atom. The number of para-hydroxylation sites is 1. The first-order chi connectivity index (χ1) is 13.6. The lowest BCUT2D eigenvalue weighted by molar-refractivity contribution is -0.131. The van der Waals surface area contributed by atoms with Crippen LogP contribution < -0.4 is 9.64 Å². The Balaban J connectivity index is 1.42. The molecule has 1 aliphatic rings. The Hall–Kier alpha value is -3.28. The lowest BCUT2D eigenvalue weighted by Crippen LogP contribution is -2.50. The van der Waals surface area contributed by atoms with Crippen LogP contribution in [0.3, 0.4) is 0 Å². The molecule has 1 amide bonds. The molecule has 6 nitrogen and oxygen atoms in total. The predicted molar refractivity (Wildman–Crippen MR) is 109 cm³/mol. The highest BCUT2D eigenvalue weighted by molar-refractivity contribution is 5.83. The van der Waals surface area contributed by atoms with Gasteiger partial charge in [0.1, 0.15) is 5.75 Å². The maximum Gasteiger partial charge on any atom is 0.242 e. The number of carbonyl (C=O) groups excluding carboxylic acids is 1. The van der Waals surface area contributed by atoms with Gasteiger partial charge < -0.3 is 19.1 Å². The van der Waals surface area contributed by atoms with Gasteiger partial charge in [0.25, 0.3) is 0 Å². The van der Waals surface area contributed by atoms with Gasteiger partial charge in [-0.15, -0.1) is 0 Å². The van der Waals surface area contributed by atoms with Crippen molar-refractivity contribution in [2.24, 2.45) is 0 Å². The number of aromatic nitrogens is 2. The third kappa shape index (κ3) is 3.71. The highest BCUT2D eigenvalue weighted by atomic mass is 16.5. The van der Waals surface area contributed by atoms with Crippen LogP contribution in [0.1, 0.15) is 11.3 Å². The van der Waals surface area contributed by atoms with Gasteiger partial charge >= 0.3 is 0 Å². The summed E-state index contributed by atoms with van der Waals surface area (Å²) in [4.78, 5) is 21.0. The number of aryl methyl sites for hydroxylation is 1. The molecule has 0 radical (unpaired) electrons. The van der Waals surface area contributed by atoms with E-state index in [0.717, 1.165) is 34.9 Å². The van der Waals surface area contributed by atoms with Crippen LogP contribution in [0.15, 0.2) is 61.1 Å². The number of amides is 1. The first kappa shape index (κ1) is 18.1. The molecular formula is C22H24N4O2. The number of imidazole rings is 1. The molecule has 0 spiro atoms. The van der Waals surface area contributed by atoms with Gasteiger partial charge in [-0.3, -0.25) is 4.79 Å². The zero-order chi connectivity index (χ0) is 19.5. The normalized spacial score (nSPS) is 14.4. The summed E-state index contributed by atoms with van der Waals surface area (Å²) in [5.41, 5.74) is 4.14. The molecule has 1 aliphatic heterocycles. The zero-order valence-corrected chi connectivity index (χ0v) is 16.2. The first-order valence-corrected chi connectivity index (χ1v) is 9.39. The van der Waals surface area contributed by atoms with Crippen LogP contribution in [0, 0.1) is 6.92 Å². The summed E-state index contributed by atoms with van der Waals surface area (Å²) in [5.74, 6) is 0.953. The number of hydrogen-bond donors (Lipinski definition) is 0. The van der Waals surface area contributed by atoms with E-state index in [-0.39, 0.29) is 5.91 Å². The van der Waals surface area contributed by atoms with Gasteiger partial charge in [0.15, 0.2) is 0 Å². The largest absolute Gasteiger partial charge is 0.496 e. The number of rotatable bonds is 5. The van der Waals surface area contributed by atoms with Gasteiger partial charge in [-0.1, -0.05) is 18.2 Å². The highest BCUT2D eigenvalue weighted by Crippen LogP contribution is 2.23. The van der Waals surface area contributed by atoms with Crippen LogP contribution >= 0.6 is 0 Å². The van der Waals surface area contributed by atoms with E-state index >= 15 is 0 Å². The Morgan fingerprint density at radius 3 is 2.46 bits per heavy atom. The molecule has 0 unspecified atom stereocenters. The standard InChI is InChI=1S/C22H24N4O2/c1-17-13-26(16-23-17)20-9-7-19(8-10-20)24-11-12-25(22(27)15-24)14-18-5-3-4-6-21(18)28-2/h3-10,13,16H,11-12,14-15H2,1-2H3. The molecule has 0 bridgehead atoms. The van der Waals surface area contributed by atoms with Crippen molar-refractivity contribution in [3.63, 3.8) is 0 Å². The smallest absolute Gasteiger partial charge is 0.242 e. The molecule has 4 rings (SSSR count). The molecule has 2 aromatic carbocycles. The van der Waals surface area contributed by atoms with Gasteiger partial charge in [-0.25, -0.2) is 4.98 Å². The van der Waals surface area contributed by atoms with Gasteiger partial charge in [0, 0.05) is 42.8 Å². The zero-order valence-electron chi connectivity index (χ0n) is 16.2. The summed E-state index contributed by atoms with van der Waals surface area (Å²) in [7, 11) is 1.66. The SMILES string of the molecule is COc1ccccc1CN1CCN(c2ccc(-n3cnc(C)c3)cc2)CC1=O. The van der Waals surface area contributed by atoms with Crippen LogP contribution in [-0.4, -0.2) is 47.1 Å². The van der Waals surface area contributed by atoms with Crippen molar-refractivity contribution < 1.29 is 9.53 Å². The maximum atomic E-state index is 12.7. The van der Waals surface area contributed by atoms with Crippen LogP contribution in [0.25, 0.3) is 5.69 Å². The summed E-state index contributed by atoms with van der Waals surface area (Å²) < 4.78 is 7.40. The Morgan fingerprint density at radius 1 is 1.04 bits per heavy atom. The lowest BCUT2D eigenvalue weighted by atomic mass is 10.1. The quantitative estimate of drug-likeness (QED) is 0.687. The van der Waals surface area contributed by atoms with E-state index in [1.807, 2.05) is 53.2 Å². The van der Waals surface area contributed by atoms with Crippen LogP contribution in [0.5, 0.6) is 5.75 Å². The molecule has 1 fully saturated rings. The molecule has 0 atom stereocenters. The molecule has 144 valence electrons. The van der Waals surface area contributed by atoms with E-state index in [9.17, 15) is 4.79 Å². The average molecular weight is 376 g/mol. The van der Waals surface area contributed by atoms with Gasteiger partial charge in [-0.05, 0) is 37.3 Å². The number of benzene rings is 2. The topological polar surface area (TPSA) is 50.6 Å². The summed E-state index contributed by atoms with van der Waals surface area (Å²) in [6, 6.07) is 16.1. The Bertz CT molecular complexity index is 965. The number of carbonyl (C=O) groups is 1. The molecule has 1 aromatic heterocycles. The minimum atomic E-state index is 0.131. The molecule has 3 aromatic rings. The van der Waals surface area contributed by atoms with Gasteiger partial charge in [0.2, 0.25) is 5.91 Å². The molecule has 28 heavy (non-hydrogen) atoms. The predicted octanol–water partition coefficient (Wildman–Crippen LogP) is 3.04. The van der Waals surface area contributed by atoms with Crippen LogP contribution in [-0.2, 0) is 11.3 Å². The average Bonchev–Trinajstić information content (AvgIpc) is 3.16. The second kappa shape index (κ2) is 7.76. The van der Waals surface area contributed by atoms with Crippen molar-refractivity contribution in [2.45, 2.75) is 13.5 Å². The molecular weight excluding hydrogens is 352 g/mol. The van der Waals surface area contributed by atoms with Gasteiger partial charge in [-0.2, -0.15) is 0 Å². The van der Waals surface area contributed by atoms with Crippen LogP contribution in [0.4, 0.5) is 5.69 Å². The third-order valence-corrected chi connectivity index (χ3v) is 5.10. The Kier molecular flexibility index (Phi) is 5.02. The second-order valence-corrected chi connectivity index (χ2v) is 6.99. The fourth-order valence-electron chi connectivity index (χ4n) is 3.53.